The fourth-order valence-corrected chi connectivity index (χ4v) is 1.32. The summed E-state index contributed by atoms with van der Waals surface area (Å²) in [5.74, 6) is 0.124. The molecule has 2 atom stereocenters. The Labute approximate surface area is 72.8 Å². The zero-order chi connectivity index (χ0) is 8.97. The number of rotatable bonds is 3. The van der Waals surface area contributed by atoms with Gasteiger partial charge < -0.3 is 10.1 Å². The summed E-state index contributed by atoms with van der Waals surface area (Å²) >= 11 is 0. The Balaban J connectivity index is 2.28. The molecule has 3 heteroatoms. The first-order valence-corrected chi connectivity index (χ1v) is 4.24. The molecule has 12 heavy (non-hydrogen) atoms. The molecule has 3 nitrogen and oxygen atoms in total. The summed E-state index contributed by atoms with van der Waals surface area (Å²) < 4.78 is 5.28. The van der Waals surface area contributed by atoms with Gasteiger partial charge in [0.05, 0.1) is 18.6 Å². The Bertz CT molecular complexity index is 179. The highest BCUT2D eigenvalue weighted by Gasteiger charge is 2.27. The summed E-state index contributed by atoms with van der Waals surface area (Å²) in [5.41, 5.74) is 0. The van der Waals surface area contributed by atoms with Crippen molar-refractivity contribution in [1.82, 2.24) is 5.32 Å². The molecule has 0 aromatic carbocycles. The highest BCUT2D eigenvalue weighted by molar-refractivity contribution is 5.79. The summed E-state index contributed by atoms with van der Waals surface area (Å²) in [5, 5.41) is 2.76. The van der Waals surface area contributed by atoms with E-state index >= 15 is 0 Å². The smallest absolute Gasteiger partial charge is 0.225 e. The van der Waals surface area contributed by atoms with E-state index in [-0.39, 0.29) is 17.9 Å². The topological polar surface area (TPSA) is 38.3 Å². The number of nitrogens with one attached hydrogen (secondary N) is 1. The minimum absolute atomic E-state index is 0.0416. The average Bonchev–Trinajstić information content (AvgIpc) is 2.47. The van der Waals surface area contributed by atoms with Gasteiger partial charge in [-0.15, -0.1) is 6.58 Å². The van der Waals surface area contributed by atoms with E-state index in [1.54, 1.807) is 6.08 Å². The second kappa shape index (κ2) is 4.26. The molecule has 1 aliphatic rings. The van der Waals surface area contributed by atoms with E-state index in [2.05, 4.69) is 11.9 Å². The highest BCUT2D eigenvalue weighted by Crippen LogP contribution is 2.18. The molecular weight excluding hydrogens is 154 g/mol. The first-order valence-electron chi connectivity index (χ1n) is 4.24. The fraction of sp³-hybridized carbons (Fsp3) is 0.667. The second-order valence-electron chi connectivity index (χ2n) is 3.11. The summed E-state index contributed by atoms with van der Waals surface area (Å²) in [6.45, 7) is 6.62. The first kappa shape index (κ1) is 9.26. The molecule has 1 heterocycles. The van der Waals surface area contributed by atoms with Gasteiger partial charge in [-0.2, -0.15) is 0 Å². The normalized spacial score (nSPS) is 28.4. The van der Waals surface area contributed by atoms with Crippen molar-refractivity contribution in [3.63, 3.8) is 0 Å². The third kappa shape index (κ3) is 2.34. The van der Waals surface area contributed by atoms with Crippen molar-refractivity contribution < 1.29 is 9.53 Å². The zero-order valence-corrected chi connectivity index (χ0v) is 7.38. The highest BCUT2D eigenvalue weighted by atomic mass is 16.5. The van der Waals surface area contributed by atoms with Crippen molar-refractivity contribution in [3.8, 4) is 0 Å². The Morgan fingerprint density at radius 1 is 1.83 bits per heavy atom. The Hall–Kier alpha value is -0.830. The molecule has 0 saturated carbocycles. The SMILES string of the molecule is C=CCNC(=O)C1COC(C)C1. The quantitative estimate of drug-likeness (QED) is 0.632. The molecule has 1 rings (SSSR count). The van der Waals surface area contributed by atoms with Crippen molar-refractivity contribution in [2.75, 3.05) is 13.2 Å². The van der Waals surface area contributed by atoms with Gasteiger partial charge in [-0.25, -0.2) is 0 Å². The van der Waals surface area contributed by atoms with Gasteiger partial charge in [-0.1, -0.05) is 6.08 Å². The van der Waals surface area contributed by atoms with Gasteiger partial charge in [0, 0.05) is 6.54 Å². The van der Waals surface area contributed by atoms with Crippen LogP contribution in [0.2, 0.25) is 0 Å². The van der Waals surface area contributed by atoms with Crippen LogP contribution in [-0.2, 0) is 9.53 Å². The minimum atomic E-state index is 0.0416. The zero-order valence-electron chi connectivity index (χ0n) is 7.38. The van der Waals surface area contributed by atoms with Crippen LogP contribution in [-0.4, -0.2) is 25.2 Å². The number of amides is 1. The minimum Gasteiger partial charge on any atom is -0.378 e. The molecule has 68 valence electrons. The Morgan fingerprint density at radius 2 is 2.58 bits per heavy atom. The van der Waals surface area contributed by atoms with Crippen molar-refractivity contribution in [2.24, 2.45) is 5.92 Å². The first-order chi connectivity index (χ1) is 5.74. The van der Waals surface area contributed by atoms with E-state index < -0.39 is 0 Å². The molecule has 0 aromatic rings. The maximum atomic E-state index is 11.3. The average molecular weight is 169 g/mol. The number of ether oxygens (including phenoxy) is 1. The maximum absolute atomic E-state index is 11.3. The molecule has 0 aromatic heterocycles. The number of hydrogen-bond acceptors (Lipinski definition) is 2. The fourth-order valence-electron chi connectivity index (χ4n) is 1.32. The van der Waals surface area contributed by atoms with Crippen LogP contribution in [0.3, 0.4) is 0 Å². The predicted octanol–water partition coefficient (Wildman–Crippen LogP) is 0.714. The molecule has 0 aliphatic carbocycles. The lowest BCUT2D eigenvalue weighted by Crippen LogP contribution is -2.30. The standard InChI is InChI=1S/C9H15NO2/c1-3-4-10-9(11)8-5-7(2)12-6-8/h3,7-8H,1,4-6H2,2H3,(H,10,11). The van der Waals surface area contributed by atoms with Gasteiger partial charge in [0.15, 0.2) is 0 Å². The molecule has 1 amide bonds. The molecule has 1 saturated heterocycles. The summed E-state index contributed by atoms with van der Waals surface area (Å²) in [4.78, 5) is 11.3. The van der Waals surface area contributed by atoms with E-state index in [9.17, 15) is 4.79 Å². The summed E-state index contributed by atoms with van der Waals surface area (Å²) in [6, 6.07) is 0. The second-order valence-corrected chi connectivity index (χ2v) is 3.11. The number of carbonyl (C=O) groups is 1. The monoisotopic (exact) mass is 169 g/mol. The third-order valence-corrected chi connectivity index (χ3v) is 1.99. The van der Waals surface area contributed by atoms with Gasteiger partial charge in [-0.05, 0) is 13.3 Å². The van der Waals surface area contributed by atoms with E-state index in [1.165, 1.54) is 0 Å². The van der Waals surface area contributed by atoms with Gasteiger partial charge in [-0.3, -0.25) is 4.79 Å². The molecule has 0 radical (unpaired) electrons. The van der Waals surface area contributed by atoms with Crippen molar-refractivity contribution >= 4 is 5.91 Å². The molecule has 1 N–H and O–H groups in total. The van der Waals surface area contributed by atoms with Crippen LogP contribution in [0, 0.1) is 5.92 Å². The summed E-state index contributed by atoms with van der Waals surface area (Å²) in [7, 11) is 0. The van der Waals surface area contributed by atoms with Crippen LogP contribution >= 0.6 is 0 Å². The lowest BCUT2D eigenvalue weighted by atomic mass is 10.1. The third-order valence-electron chi connectivity index (χ3n) is 1.99. The van der Waals surface area contributed by atoms with Crippen LogP contribution in [0.5, 0.6) is 0 Å². The van der Waals surface area contributed by atoms with E-state index in [1.807, 2.05) is 6.92 Å². The number of carbonyl (C=O) groups excluding carboxylic acids is 1. The molecule has 1 aliphatic heterocycles. The van der Waals surface area contributed by atoms with E-state index in [0.29, 0.717) is 13.2 Å². The predicted molar refractivity (Wildman–Crippen MR) is 46.7 cm³/mol. The molecule has 2 unspecified atom stereocenters. The molecular formula is C9H15NO2. The van der Waals surface area contributed by atoms with Crippen LogP contribution in [0.15, 0.2) is 12.7 Å². The van der Waals surface area contributed by atoms with Crippen molar-refractivity contribution in [2.45, 2.75) is 19.4 Å². The van der Waals surface area contributed by atoms with Gasteiger partial charge in [0.25, 0.3) is 0 Å². The maximum Gasteiger partial charge on any atom is 0.225 e. The van der Waals surface area contributed by atoms with E-state index in [0.717, 1.165) is 6.42 Å². The Morgan fingerprint density at radius 3 is 3.08 bits per heavy atom. The molecule has 1 fully saturated rings. The van der Waals surface area contributed by atoms with Crippen LogP contribution in [0.25, 0.3) is 0 Å². The van der Waals surface area contributed by atoms with Gasteiger partial charge in [0.2, 0.25) is 5.91 Å². The van der Waals surface area contributed by atoms with Crippen LogP contribution in [0.1, 0.15) is 13.3 Å². The lowest BCUT2D eigenvalue weighted by molar-refractivity contribution is -0.124. The largest absolute Gasteiger partial charge is 0.378 e. The van der Waals surface area contributed by atoms with Crippen molar-refractivity contribution in [1.29, 1.82) is 0 Å². The number of hydrogen-bond donors (Lipinski definition) is 1. The Kier molecular flexibility index (Phi) is 3.29. The molecule has 0 bridgehead atoms. The lowest BCUT2D eigenvalue weighted by Gasteiger charge is -2.06. The van der Waals surface area contributed by atoms with Gasteiger partial charge in [0.1, 0.15) is 0 Å². The van der Waals surface area contributed by atoms with Crippen molar-refractivity contribution in [3.05, 3.63) is 12.7 Å². The molecule has 0 spiro atoms. The van der Waals surface area contributed by atoms with E-state index in [4.69, 9.17) is 4.74 Å². The van der Waals surface area contributed by atoms with Crippen LogP contribution < -0.4 is 5.32 Å². The van der Waals surface area contributed by atoms with Crippen LogP contribution in [0.4, 0.5) is 0 Å². The summed E-state index contributed by atoms with van der Waals surface area (Å²) in [6.07, 6.45) is 2.74. The van der Waals surface area contributed by atoms with Gasteiger partial charge >= 0.3 is 0 Å².